The number of amides is 1. The molecule has 2 heterocycles. The number of nitrogens with one attached hydrogen (secondary N) is 2. The zero-order chi connectivity index (χ0) is 17.6. The highest BCUT2D eigenvalue weighted by molar-refractivity contribution is 5.95. The third kappa shape index (κ3) is 4.51. The molecule has 3 rings (SSSR count). The highest BCUT2D eigenvalue weighted by atomic mass is 16.2. The zero-order valence-electron chi connectivity index (χ0n) is 15.3. The minimum absolute atomic E-state index is 0.229. The van der Waals surface area contributed by atoms with Crippen molar-refractivity contribution in [2.45, 2.75) is 38.3 Å². The van der Waals surface area contributed by atoms with Gasteiger partial charge < -0.3 is 20.4 Å². The normalized spacial score (nSPS) is 21.8. The van der Waals surface area contributed by atoms with E-state index in [4.69, 9.17) is 0 Å². The summed E-state index contributed by atoms with van der Waals surface area (Å²) in [5, 5.41) is 6.78. The van der Waals surface area contributed by atoms with E-state index in [1.165, 1.54) is 24.9 Å². The van der Waals surface area contributed by atoms with Crippen LogP contribution in [0.5, 0.6) is 0 Å². The molecule has 6 nitrogen and oxygen atoms in total. The summed E-state index contributed by atoms with van der Waals surface area (Å²) in [4.78, 5) is 20.4. The number of likely N-dealkylation sites (N-methyl/N-ethyl adjacent to an activating group) is 1. The third-order valence-corrected chi connectivity index (χ3v) is 5.18. The van der Waals surface area contributed by atoms with Crippen molar-refractivity contribution in [3.63, 3.8) is 0 Å². The molecule has 1 atom stereocenters. The molecule has 1 aromatic carbocycles. The predicted molar refractivity (Wildman–Crippen MR) is 102 cm³/mol. The second-order valence-electron chi connectivity index (χ2n) is 6.90. The summed E-state index contributed by atoms with van der Waals surface area (Å²) in [6.45, 7) is 3.66. The highest BCUT2D eigenvalue weighted by Crippen LogP contribution is 2.21. The monoisotopic (exact) mass is 343 g/mol. The molecule has 1 unspecified atom stereocenters. The average Bonchev–Trinajstić information content (AvgIpc) is 3.24. The average molecular weight is 343 g/mol. The first kappa shape index (κ1) is 17.7. The molecule has 2 fully saturated rings. The molecule has 1 aromatic rings. The molecule has 25 heavy (non-hydrogen) atoms. The van der Waals surface area contributed by atoms with Crippen LogP contribution in [-0.4, -0.2) is 56.5 Å². The number of hydrogen-bond acceptors (Lipinski definition) is 3. The maximum atomic E-state index is 11.8. The molecule has 1 amide bonds. The van der Waals surface area contributed by atoms with Crippen LogP contribution in [0.4, 0.5) is 5.69 Å². The van der Waals surface area contributed by atoms with E-state index in [1.807, 2.05) is 17.0 Å². The van der Waals surface area contributed by atoms with Crippen LogP contribution in [0, 0.1) is 0 Å². The Bertz CT molecular complexity index is 613. The largest absolute Gasteiger partial charge is 0.355 e. The summed E-state index contributed by atoms with van der Waals surface area (Å²) >= 11 is 0. The Morgan fingerprint density at radius 3 is 2.60 bits per heavy atom. The fourth-order valence-corrected chi connectivity index (χ4v) is 3.57. The standard InChI is InChI=1S/C19H29N5O/c1-20-19(22-14-17-5-3-11-23(17)2)21-13-15-7-9-16(10-8-15)24-12-4-6-18(24)25/h7-10,17H,3-6,11-14H2,1-2H3,(H2,20,21,22). The molecule has 6 heteroatoms. The quantitative estimate of drug-likeness (QED) is 0.629. The molecule has 0 aromatic heterocycles. The van der Waals surface area contributed by atoms with Crippen molar-refractivity contribution >= 4 is 17.6 Å². The van der Waals surface area contributed by atoms with Gasteiger partial charge in [-0.1, -0.05) is 12.1 Å². The van der Waals surface area contributed by atoms with Crippen molar-refractivity contribution in [1.82, 2.24) is 15.5 Å². The number of guanidine groups is 1. The first-order valence-electron chi connectivity index (χ1n) is 9.21. The van der Waals surface area contributed by atoms with Crippen LogP contribution < -0.4 is 15.5 Å². The smallest absolute Gasteiger partial charge is 0.227 e. The van der Waals surface area contributed by atoms with Crippen LogP contribution >= 0.6 is 0 Å². The lowest BCUT2D eigenvalue weighted by molar-refractivity contribution is -0.117. The number of carbonyl (C=O) groups excluding carboxylic acids is 1. The van der Waals surface area contributed by atoms with E-state index in [-0.39, 0.29) is 5.91 Å². The van der Waals surface area contributed by atoms with Gasteiger partial charge in [0.1, 0.15) is 0 Å². The number of nitrogens with zero attached hydrogens (tertiary/aromatic N) is 3. The van der Waals surface area contributed by atoms with Crippen molar-refractivity contribution in [1.29, 1.82) is 0 Å². The predicted octanol–water partition coefficient (Wildman–Crippen LogP) is 1.57. The van der Waals surface area contributed by atoms with E-state index in [0.29, 0.717) is 19.0 Å². The Morgan fingerprint density at radius 1 is 1.20 bits per heavy atom. The van der Waals surface area contributed by atoms with E-state index < -0.39 is 0 Å². The van der Waals surface area contributed by atoms with Gasteiger partial charge in [0.25, 0.3) is 0 Å². The topological polar surface area (TPSA) is 60.0 Å². The first-order chi connectivity index (χ1) is 12.2. The molecule has 0 bridgehead atoms. The summed E-state index contributed by atoms with van der Waals surface area (Å²) in [5.74, 6) is 1.06. The van der Waals surface area contributed by atoms with Gasteiger partial charge in [-0.2, -0.15) is 0 Å². The lowest BCUT2D eigenvalue weighted by Gasteiger charge is -2.21. The van der Waals surface area contributed by atoms with Gasteiger partial charge in [-0.25, -0.2) is 0 Å². The second kappa shape index (κ2) is 8.34. The Kier molecular flexibility index (Phi) is 5.91. The Morgan fingerprint density at radius 2 is 2.00 bits per heavy atom. The zero-order valence-corrected chi connectivity index (χ0v) is 15.3. The molecule has 2 saturated heterocycles. The van der Waals surface area contributed by atoms with Gasteiger partial charge in [0.2, 0.25) is 5.91 Å². The molecule has 0 spiro atoms. The summed E-state index contributed by atoms with van der Waals surface area (Å²) in [5.41, 5.74) is 2.18. The van der Waals surface area contributed by atoms with E-state index in [2.05, 4.69) is 39.7 Å². The van der Waals surface area contributed by atoms with Crippen LogP contribution in [0.1, 0.15) is 31.2 Å². The lowest BCUT2D eigenvalue weighted by Crippen LogP contribution is -2.43. The summed E-state index contributed by atoms with van der Waals surface area (Å²) < 4.78 is 0. The van der Waals surface area contributed by atoms with Crippen LogP contribution in [0.3, 0.4) is 0 Å². The molecule has 2 aliphatic heterocycles. The maximum Gasteiger partial charge on any atom is 0.227 e. The van der Waals surface area contributed by atoms with Gasteiger partial charge in [0.05, 0.1) is 0 Å². The van der Waals surface area contributed by atoms with Crippen LogP contribution in [0.2, 0.25) is 0 Å². The molecule has 0 aliphatic carbocycles. The molecular formula is C19H29N5O. The minimum Gasteiger partial charge on any atom is -0.355 e. The van der Waals surface area contributed by atoms with E-state index >= 15 is 0 Å². The van der Waals surface area contributed by atoms with Crippen molar-refractivity contribution in [3.05, 3.63) is 29.8 Å². The third-order valence-electron chi connectivity index (χ3n) is 5.18. The summed E-state index contributed by atoms with van der Waals surface area (Å²) in [6, 6.07) is 8.81. The summed E-state index contributed by atoms with van der Waals surface area (Å²) in [7, 11) is 3.98. The SMILES string of the molecule is CN=C(NCc1ccc(N2CCCC2=O)cc1)NCC1CCCN1C. The molecule has 0 saturated carbocycles. The van der Waals surface area contributed by atoms with Gasteiger partial charge >= 0.3 is 0 Å². The maximum absolute atomic E-state index is 11.8. The molecule has 2 N–H and O–H groups in total. The van der Waals surface area contributed by atoms with Crippen molar-refractivity contribution in [3.8, 4) is 0 Å². The van der Waals surface area contributed by atoms with Gasteiger partial charge in [-0.3, -0.25) is 9.79 Å². The lowest BCUT2D eigenvalue weighted by atomic mass is 10.2. The fraction of sp³-hybridized carbons (Fsp3) is 0.579. The second-order valence-corrected chi connectivity index (χ2v) is 6.90. The van der Waals surface area contributed by atoms with Crippen molar-refractivity contribution < 1.29 is 4.79 Å². The Hall–Kier alpha value is -2.08. The fourth-order valence-electron chi connectivity index (χ4n) is 3.57. The number of anilines is 1. The van der Waals surface area contributed by atoms with Gasteiger partial charge in [-0.15, -0.1) is 0 Å². The van der Waals surface area contributed by atoms with Crippen LogP contribution in [0.25, 0.3) is 0 Å². The molecular weight excluding hydrogens is 314 g/mol. The Labute approximate surface area is 150 Å². The number of aliphatic imine (C=N–C) groups is 1. The van der Waals surface area contributed by atoms with Crippen LogP contribution in [-0.2, 0) is 11.3 Å². The van der Waals surface area contributed by atoms with Crippen molar-refractivity contribution in [2.24, 2.45) is 4.99 Å². The number of benzene rings is 1. The van der Waals surface area contributed by atoms with Crippen LogP contribution in [0.15, 0.2) is 29.3 Å². The molecule has 0 radical (unpaired) electrons. The van der Waals surface area contributed by atoms with Gasteiger partial charge in [-0.05, 0) is 50.6 Å². The van der Waals surface area contributed by atoms with Crippen molar-refractivity contribution in [2.75, 3.05) is 38.6 Å². The van der Waals surface area contributed by atoms with E-state index in [9.17, 15) is 4.79 Å². The Balaban J connectivity index is 1.47. The molecule has 2 aliphatic rings. The van der Waals surface area contributed by atoms with E-state index in [1.54, 1.807) is 7.05 Å². The number of likely N-dealkylation sites (tertiary alicyclic amines) is 1. The molecule has 136 valence electrons. The summed E-state index contributed by atoms with van der Waals surface area (Å²) in [6.07, 6.45) is 4.15. The number of hydrogen-bond donors (Lipinski definition) is 2. The highest BCUT2D eigenvalue weighted by Gasteiger charge is 2.22. The number of rotatable bonds is 5. The number of carbonyl (C=O) groups is 1. The minimum atomic E-state index is 0.229. The van der Waals surface area contributed by atoms with E-state index in [0.717, 1.165) is 31.2 Å². The van der Waals surface area contributed by atoms with Gasteiger partial charge in [0, 0.05) is 44.8 Å². The first-order valence-corrected chi connectivity index (χ1v) is 9.21. The van der Waals surface area contributed by atoms with Gasteiger partial charge in [0.15, 0.2) is 5.96 Å².